The van der Waals surface area contributed by atoms with E-state index in [-0.39, 0.29) is 24.8 Å². The van der Waals surface area contributed by atoms with Crippen LogP contribution in [0.15, 0.2) is 42.5 Å². The van der Waals surface area contributed by atoms with E-state index in [0.717, 1.165) is 11.3 Å². The molecule has 0 saturated heterocycles. The second kappa shape index (κ2) is 7.34. The predicted octanol–water partition coefficient (Wildman–Crippen LogP) is 3.94. The Morgan fingerprint density at radius 3 is 2.48 bits per heavy atom. The molecule has 0 unspecified atom stereocenters. The molecule has 1 atom stereocenters. The van der Waals surface area contributed by atoms with Gasteiger partial charge in [-0.1, -0.05) is 26.0 Å². The van der Waals surface area contributed by atoms with Gasteiger partial charge in [0.1, 0.15) is 5.75 Å². The number of rotatable bonds is 5. The summed E-state index contributed by atoms with van der Waals surface area (Å²) in [5.74, 6) is 2.34. The molecule has 1 heterocycles. The lowest BCUT2D eigenvalue weighted by Gasteiger charge is -2.23. The Hall–Kier alpha value is -2.89. The maximum absolute atomic E-state index is 12.4. The Labute approximate surface area is 147 Å². The lowest BCUT2D eigenvalue weighted by molar-refractivity contribution is 0.174. The van der Waals surface area contributed by atoms with E-state index >= 15 is 0 Å². The van der Waals surface area contributed by atoms with Crippen molar-refractivity contribution >= 4 is 11.7 Å². The first-order chi connectivity index (χ1) is 12.1. The van der Waals surface area contributed by atoms with Crippen LogP contribution in [-0.2, 0) is 0 Å². The third-order valence-electron chi connectivity index (χ3n) is 4.06. The molecule has 0 fully saturated rings. The van der Waals surface area contributed by atoms with Crippen molar-refractivity contribution in [3.8, 4) is 17.2 Å². The zero-order chi connectivity index (χ0) is 17.8. The molecule has 0 bridgehead atoms. The van der Waals surface area contributed by atoms with Crippen molar-refractivity contribution in [2.75, 3.05) is 19.2 Å². The van der Waals surface area contributed by atoms with Crippen molar-refractivity contribution in [2.45, 2.75) is 19.9 Å². The van der Waals surface area contributed by atoms with Gasteiger partial charge in [0.05, 0.1) is 13.2 Å². The lowest BCUT2D eigenvalue weighted by Crippen LogP contribution is -2.35. The standard InChI is InChI=1S/C19H22N2O4/c1-12(2)18(13-4-7-15(23-3)8-5-13)21-19(22)20-14-6-9-16-17(10-14)25-11-24-16/h4-10,12,18H,11H2,1-3H3,(H2,20,21,22)/t18-/m0/s1. The van der Waals surface area contributed by atoms with Gasteiger partial charge in [0.25, 0.3) is 0 Å². The zero-order valence-electron chi connectivity index (χ0n) is 14.5. The molecule has 2 aromatic rings. The fraction of sp³-hybridized carbons (Fsp3) is 0.316. The minimum atomic E-state index is -0.270. The van der Waals surface area contributed by atoms with Gasteiger partial charge in [-0.25, -0.2) is 4.79 Å². The highest BCUT2D eigenvalue weighted by Crippen LogP contribution is 2.34. The van der Waals surface area contributed by atoms with Gasteiger partial charge in [0.15, 0.2) is 11.5 Å². The number of ether oxygens (including phenoxy) is 3. The van der Waals surface area contributed by atoms with Crippen LogP contribution in [0.2, 0.25) is 0 Å². The Morgan fingerprint density at radius 1 is 1.08 bits per heavy atom. The van der Waals surface area contributed by atoms with Crippen molar-refractivity contribution < 1.29 is 19.0 Å². The Balaban J connectivity index is 1.68. The highest BCUT2D eigenvalue weighted by Gasteiger charge is 2.19. The third-order valence-corrected chi connectivity index (χ3v) is 4.06. The number of hydrogen-bond donors (Lipinski definition) is 2. The average molecular weight is 342 g/mol. The number of benzene rings is 2. The number of carbonyl (C=O) groups is 1. The van der Waals surface area contributed by atoms with Gasteiger partial charge in [0.2, 0.25) is 6.79 Å². The van der Waals surface area contributed by atoms with E-state index in [1.165, 1.54) is 0 Å². The summed E-state index contributed by atoms with van der Waals surface area (Å²) >= 11 is 0. The molecule has 0 saturated carbocycles. The lowest BCUT2D eigenvalue weighted by atomic mass is 9.96. The molecular weight excluding hydrogens is 320 g/mol. The van der Waals surface area contributed by atoms with Crippen molar-refractivity contribution in [2.24, 2.45) is 5.92 Å². The molecule has 132 valence electrons. The number of carbonyl (C=O) groups excluding carboxylic acids is 1. The first-order valence-corrected chi connectivity index (χ1v) is 8.18. The van der Waals surface area contributed by atoms with Crippen molar-refractivity contribution in [1.29, 1.82) is 0 Å². The number of anilines is 1. The second-order valence-corrected chi connectivity index (χ2v) is 6.16. The normalized spacial score (nSPS) is 13.4. The molecule has 3 rings (SSSR count). The molecule has 1 aliphatic heterocycles. The summed E-state index contributed by atoms with van der Waals surface area (Å²) in [5.41, 5.74) is 1.68. The van der Waals surface area contributed by atoms with Gasteiger partial charge in [0, 0.05) is 11.8 Å². The molecule has 2 aromatic carbocycles. The van der Waals surface area contributed by atoms with E-state index < -0.39 is 0 Å². The van der Waals surface area contributed by atoms with Crippen LogP contribution in [0.25, 0.3) is 0 Å². The number of methoxy groups -OCH3 is 1. The van der Waals surface area contributed by atoms with E-state index in [1.807, 2.05) is 24.3 Å². The second-order valence-electron chi connectivity index (χ2n) is 6.16. The Morgan fingerprint density at radius 2 is 1.80 bits per heavy atom. The summed E-state index contributed by atoms with van der Waals surface area (Å²) in [5, 5.41) is 5.86. The van der Waals surface area contributed by atoms with E-state index in [4.69, 9.17) is 14.2 Å². The molecule has 0 aromatic heterocycles. The van der Waals surface area contributed by atoms with Gasteiger partial charge < -0.3 is 24.8 Å². The summed E-state index contributed by atoms with van der Waals surface area (Å²) in [4.78, 5) is 12.4. The van der Waals surface area contributed by atoms with Gasteiger partial charge in [-0.2, -0.15) is 0 Å². The monoisotopic (exact) mass is 342 g/mol. The highest BCUT2D eigenvalue weighted by molar-refractivity contribution is 5.90. The predicted molar refractivity (Wildman–Crippen MR) is 95.3 cm³/mol. The quantitative estimate of drug-likeness (QED) is 0.863. The van der Waals surface area contributed by atoms with Crippen LogP contribution < -0.4 is 24.8 Å². The number of nitrogens with one attached hydrogen (secondary N) is 2. The van der Waals surface area contributed by atoms with Crippen LogP contribution in [0.3, 0.4) is 0 Å². The number of fused-ring (bicyclic) bond motifs is 1. The largest absolute Gasteiger partial charge is 0.497 e. The first-order valence-electron chi connectivity index (χ1n) is 8.18. The molecule has 6 nitrogen and oxygen atoms in total. The third kappa shape index (κ3) is 3.96. The summed E-state index contributed by atoms with van der Waals surface area (Å²) in [7, 11) is 1.63. The van der Waals surface area contributed by atoms with E-state index in [1.54, 1.807) is 25.3 Å². The molecule has 6 heteroatoms. The topological polar surface area (TPSA) is 68.8 Å². The van der Waals surface area contributed by atoms with Crippen LogP contribution in [0.5, 0.6) is 17.2 Å². The SMILES string of the molecule is COc1ccc([C@@H](NC(=O)Nc2ccc3c(c2)OCO3)C(C)C)cc1. The van der Waals surface area contributed by atoms with Gasteiger partial charge >= 0.3 is 6.03 Å². The molecular formula is C19H22N2O4. The fourth-order valence-electron chi connectivity index (χ4n) is 2.73. The average Bonchev–Trinajstić information content (AvgIpc) is 3.07. The molecule has 2 amide bonds. The molecule has 0 radical (unpaired) electrons. The summed E-state index contributed by atoms with van der Waals surface area (Å²) in [6.07, 6.45) is 0. The first kappa shape index (κ1) is 17.0. The van der Waals surface area contributed by atoms with Crippen molar-refractivity contribution in [3.63, 3.8) is 0 Å². The molecule has 25 heavy (non-hydrogen) atoms. The Kier molecular flexibility index (Phi) is 4.97. The van der Waals surface area contributed by atoms with E-state index in [9.17, 15) is 4.79 Å². The number of urea groups is 1. The van der Waals surface area contributed by atoms with Crippen LogP contribution in [-0.4, -0.2) is 19.9 Å². The van der Waals surface area contributed by atoms with E-state index in [2.05, 4.69) is 24.5 Å². The van der Waals surface area contributed by atoms with Gasteiger partial charge in [-0.15, -0.1) is 0 Å². The van der Waals surface area contributed by atoms with Gasteiger partial charge in [-0.3, -0.25) is 0 Å². The smallest absolute Gasteiger partial charge is 0.319 e. The van der Waals surface area contributed by atoms with Crippen molar-refractivity contribution in [3.05, 3.63) is 48.0 Å². The summed E-state index contributed by atoms with van der Waals surface area (Å²) in [6.45, 7) is 4.34. The summed E-state index contributed by atoms with van der Waals surface area (Å²) in [6, 6.07) is 12.6. The summed E-state index contributed by atoms with van der Waals surface area (Å²) < 4.78 is 15.8. The van der Waals surface area contributed by atoms with Gasteiger partial charge in [-0.05, 0) is 35.7 Å². The van der Waals surface area contributed by atoms with Crippen LogP contribution in [0.1, 0.15) is 25.5 Å². The Bertz CT molecular complexity index is 744. The van der Waals surface area contributed by atoms with Crippen LogP contribution in [0, 0.1) is 5.92 Å². The number of hydrogen-bond acceptors (Lipinski definition) is 4. The van der Waals surface area contributed by atoms with Crippen molar-refractivity contribution in [1.82, 2.24) is 5.32 Å². The fourth-order valence-corrected chi connectivity index (χ4v) is 2.73. The van der Waals surface area contributed by atoms with E-state index in [0.29, 0.717) is 17.2 Å². The minimum Gasteiger partial charge on any atom is -0.497 e. The van der Waals surface area contributed by atoms with Crippen LogP contribution >= 0.6 is 0 Å². The molecule has 1 aliphatic rings. The highest BCUT2D eigenvalue weighted by atomic mass is 16.7. The maximum atomic E-state index is 12.4. The molecule has 0 aliphatic carbocycles. The molecule has 2 N–H and O–H groups in total. The number of amides is 2. The zero-order valence-corrected chi connectivity index (χ0v) is 14.5. The van der Waals surface area contributed by atoms with Crippen LogP contribution in [0.4, 0.5) is 10.5 Å². The molecule has 0 spiro atoms. The minimum absolute atomic E-state index is 0.111. The maximum Gasteiger partial charge on any atom is 0.319 e.